The highest BCUT2D eigenvalue weighted by Gasteiger charge is 1.91. The minimum absolute atomic E-state index is 0.536. The smallest absolute Gasteiger partial charge is 0.0542 e. The van der Waals surface area contributed by atoms with Gasteiger partial charge in [-0.2, -0.15) is 0 Å². The van der Waals surface area contributed by atoms with Crippen molar-refractivity contribution in [2.24, 2.45) is 11.5 Å². The van der Waals surface area contributed by atoms with E-state index in [4.69, 9.17) is 11.5 Å². The molecule has 118 valence electrons. The molecule has 0 bridgehead atoms. The van der Waals surface area contributed by atoms with Crippen LogP contribution in [-0.4, -0.2) is 36.6 Å². The van der Waals surface area contributed by atoms with E-state index >= 15 is 0 Å². The van der Waals surface area contributed by atoms with Crippen LogP contribution in [0, 0.1) is 0 Å². The summed E-state index contributed by atoms with van der Waals surface area (Å²) >= 11 is 0. The van der Waals surface area contributed by atoms with E-state index in [0.29, 0.717) is 6.54 Å². The molecule has 20 heavy (non-hydrogen) atoms. The van der Waals surface area contributed by atoms with Crippen LogP contribution >= 0.6 is 0 Å². The molecule has 0 aliphatic rings. The first-order valence-electron chi connectivity index (χ1n) is 7.71. The molecule has 0 atom stereocenters. The molecule has 1 aromatic heterocycles. The van der Waals surface area contributed by atoms with Crippen molar-refractivity contribution < 1.29 is 0 Å². The van der Waals surface area contributed by atoms with E-state index in [1.807, 2.05) is 32.0 Å². The summed E-state index contributed by atoms with van der Waals surface area (Å²) in [5.41, 5.74) is 12.8. The normalized spacial score (nSPS) is 9.40. The fourth-order valence-corrected chi connectivity index (χ4v) is 1.55. The van der Waals surface area contributed by atoms with Gasteiger partial charge in [-0.1, -0.05) is 33.8 Å². The maximum Gasteiger partial charge on any atom is 0.0542 e. The van der Waals surface area contributed by atoms with E-state index in [2.05, 4.69) is 30.8 Å². The van der Waals surface area contributed by atoms with Crippen LogP contribution in [0.4, 0.5) is 0 Å². The van der Waals surface area contributed by atoms with E-state index < -0.39 is 0 Å². The first-order chi connectivity index (χ1) is 9.67. The predicted octanol–water partition coefficient (Wildman–Crippen LogP) is 2.42. The van der Waals surface area contributed by atoms with Crippen LogP contribution in [0.25, 0.3) is 0 Å². The molecule has 1 aromatic rings. The molecule has 0 aromatic carbocycles. The van der Waals surface area contributed by atoms with Gasteiger partial charge in [0.25, 0.3) is 0 Å². The van der Waals surface area contributed by atoms with Crippen LogP contribution in [0.2, 0.25) is 0 Å². The molecule has 4 heteroatoms. The Hall–Kier alpha value is -0.970. The minimum atomic E-state index is 0.536. The molecule has 0 spiro atoms. The van der Waals surface area contributed by atoms with Crippen molar-refractivity contribution in [3.63, 3.8) is 0 Å². The molecule has 0 saturated carbocycles. The third kappa shape index (κ3) is 12.1. The fourth-order valence-electron chi connectivity index (χ4n) is 1.55. The molecule has 4 N–H and O–H groups in total. The van der Waals surface area contributed by atoms with Crippen molar-refractivity contribution in [1.29, 1.82) is 0 Å². The van der Waals surface area contributed by atoms with E-state index in [1.165, 1.54) is 6.42 Å². The van der Waals surface area contributed by atoms with Gasteiger partial charge < -0.3 is 16.4 Å². The fraction of sp³-hybridized carbons (Fsp3) is 0.688. The van der Waals surface area contributed by atoms with E-state index in [9.17, 15) is 0 Å². The molecule has 1 rings (SSSR count). The van der Waals surface area contributed by atoms with Crippen molar-refractivity contribution in [2.45, 2.75) is 47.1 Å². The molecule has 0 aliphatic heterocycles. The van der Waals surface area contributed by atoms with E-state index in [-0.39, 0.29) is 0 Å². The zero-order chi connectivity index (χ0) is 15.8. The lowest BCUT2D eigenvalue weighted by Crippen LogP contribution is -2.25. The van der Waals surface area contributed by atoms with Gasteiger partial charge in [-0.3, -0.25) is 4.98 Å². The molecule has 0 radical (unpaired) electrons. The molecular formula is C16H34N4. The number of hydrogen-bond acceptors (Lipinski definition) is 4. The number of aromatic nitrogens is 1. The lowest BCUT2D eigenvalue weighted by molar-refractivity contribution is 0.344. The molecule has 0 amide bonds. The lowest BCUT2D eigenvalue weighted by Gasteiger charge is -2.12. The molecule has 0 aliphatic carbocycles. The van der Waals surface area contributed by atoms with Crippen molar-refractivity contribution in [2.75, 3.05) is 26.7 Å². The maximum atomic E-state index is 5.41. The number of rotatable bonds is 6. The Morgan fingerprint density at radius 1 is 1.05 bits per heavy atom. The summed E-state index contributed by atoms with van der Waals surface area (Å²) in [5.74, 6) is 0. The Bertz CT molecular complexity index is 277. The number of hydrogen-bond donors (Lipinski definition) is 2. The highest BCUT2D eigenvalue weighted by atomic mass is 15.1. The largest absolute Gasteiger partial charge is 0.329 e. The Labute approximate surface area is 125 Å². The molecule has 4 nitrogen and oxygen atoms in total. The van der Waals surface area contributed by atoms with E-state index in [1.54, 1.807) is 0 Å². The number of aryl methyl sites for hydroxylation is 1. The summed E-state index contributed by atoms with van der Waals surface area (Å²) in [5, 5.41) is 0. The average molecular weight is 282 g/mol. The third-order valence-electron chi connectivity index (χ3n) is 2.55. The third-order valence-corrected chi connectivity index (χ3v) is 2.55. The van der Waals surface area contributed by atoms with Crippen molar-refractivity contribution in [3.8, 4) is 0 Å². The summed E-state index contributed by atoms with van der Waals surface area (Å²) in [7, 11) is 2.09. The van der Waals surface area contributed by atoms with Gasteiger partial charge in [0.1, 0.15) is 0 Å². The van der Waals surface area contributed by atoms with E-state index in [0.717, 1.165) is 37.4 Å². The van der Waals surface area contributed by atoms with Gasteiger partial charge in [-0.25, -0.2) is 0 Å². The molecule has 0 fully saturated rings. The van der Waals surface area contributed by atoms with Crippen molar-refractivity contribution >= 4 is 0 Å². The number of likely N-dealkylation sites (N-methyl/N-ethyl adjacent to an activating group) is 1. The second-order valence-corrected chi connectivity index (χ2v) is 4.27. The molecule has 0 unspecified atom stereocenters. The molecule has 0 saturated heterocycles. The molecule has 1 heterocycles. The number of nitrogens with zero attached hydrogens (tertiary/aromatic N) is 2. The highest BCUT2D eigenvalue weighted by Crippen LogP contribution is 1.98. The van der Waals surface area contributed by atoms with Gasteiger partial charge in [-0.15, -0.1) is 0 Å². The summed E-state index contributed by atoms with van der Waals surface area (Å²) in [6.07, 6.45) is 2.20. The zero-order valence-corrected chi connectivity index (χ0v) is 14.0. The summed E-state index contributed by atoms with van der Waals surface area (Å²) in [4.78, 5) is 6.52. The molecular weight excluding hydrogens is 248 g/mol. The first-order valence-corrected chi connectivity index (χ1v) is 7.71. The van der Waals surface area contributed by atoms with Crippen molar-refractivity contribution in [1.82, 2.24) is 9.88 Å². The van der Waals surface area contributed by atoms with Gasteiger partial charge in [0.15, 0.2) is 0 Å². The SMILES string of the molecule is CC.CCCN(C)CCN.CCc1cccc(CN)n1. The average Bonchev–Trinajstić information content (AvgIpc) is 2.50. The summed E-state index contributed by atoms with van der Waals surface area (Å²) in [6, 6.07) is 5.95. The van der Waals surface area contributed by atoms with Crippen LogP contribution in [0.15, 0.2) is 18.2 Å². The van der Waals surface area contributed by atoms with Gasteiger partial charge in [-0.05, 0) is 38.6 Å². The predicted molar refractivity (Wildman–Crippen MR) is 89.7 cm³/mol. The summed E-state index contributed by atoms with van der Waals surface area (Å²) in [6.45, 7) is 11.8. The minimum Gasteiger partial charge on any atom is -0.329 e. The first kappa shape index (κ1) is 21.3. The van der Waals surface area contributed by atoms with Crippen LogP contribution in [0.5, 0.6) is 0 Å². The Kier molecular flexibility index (Phi) is 17.2. The number of pyridine rings is 1. The number of nitrogens with two attached hydrogens (primary N) is 2. The van der Waals surface area contributed by atoms with Gasteiger partial charge in [0.05, 0.1) is 5.69 Å². The topological polar surface area (TPSA) is 68.2 Å². The van der Waals surface area contributed by atoms with Crippen LogP contribution in [0.1, 0.15) is 45.5 Å². The Morgan fingerprint density at radius 3 is 2.10 bits per heavy atom. The second kappa shape index (κ2) is 16.1. The van der Waals surface area contributed by atoms with Gasteiger partial charge in [0.2, 0.25) is 0 Å². The quantitative estimate of drug-likeness (QED) is 0.841. The zero-order valence-electron chi connectivity index (χ0n) is 14.0. The maximum absolute atomic E-state index is 5.41. The van der Waals surface area contributed by atoms with Gasteiger partial charge in [0, 0.05) is 25.3 Å². The van der Waals surface area contributed by atoms with Crippen LogP contribution < -0.4 is 11.5 Å². The highest BCUT2D eigenvalue weighted by molar-refractivity contribution is 5.10. The van der Waals surface area contributed by atoms with Crippen molar-refractivity contribution in [3.05, 3.63) is 29.6 Å². The second-order valence-electron chi connectivity index (χ2n) is 4.27. The Morgan fingerprint density at radius 2 is 1.65 bits per heavy atom. The monoisotopic (exact) mass is 282 g/mol. The van der Waals surface area contributed by atoms with Crippen LogP contribution in [-0.2, 0) is 13.0 Å². The summed E-state index contributed by atoms with van der Waals surface area (Å²) < 4.78 is 0. The van der Waals surface area contributed by atoms with Gasteiger partial charge >= 0.3 is 0 Å². The Balaban J connectivity index is 0. The lowest BCUT2D eigenvalue weighted by atomic mass is 10.2. The van der Waals surface area contributed by atoms with Crippen LogP contribution in [0.3, 0.4) is 0 Å². The standard InChI is InChI=1S/C8H12N2.C6H16N2.C2H6/c1-2-7-4-3-5-8(6-9)10-7;1-3-5-8(2)6-4-7;1-2/h3-5H,2,6,9H2,1H3;3-7H2,1-2H3;1-2H3.